The summed E-state index contributed by atoms with van der Waals surface area (Å²) in [4.78, 5) is 2.21. The summed E-state index contributed by atoms with van der Waals surface area (Å²) in [5.41, 5.74) is 0. The van der Waals surface area contributed by atoms with Crippen molar-refractivity contribution in [3.05, 3.63) is 0 Å². The Labute approximate surface area is 81.0 Å². The Hall–Kier alpha value is -0.200. The maximum absolute atomic E-state index is 8.57. The Morgan fingerprint density at radius 3 is 2.67 bits per heavy atom. The van der Waals surface area contributed by atoms with Crippen LogP contribution in [0.5, 0.6) is 0 Å². The minimum Gasteiger partial charge on any atom is -0.305 e. The van der Waals surface area contributed by atoms with Crippen molar-refractivity contribution in [2.75, 3.05) is 25.9 Å². The van der Waals surface area contributed by atoms with E-state index in [9.17, 15) is 0 Å². The molecule has 0 aromatic rings. The molecule has 0 spiro atoms. The zero-order valence-electron chi connectivity index (χ0n) is 7.95. The highest BCUT2D eigenvalue weighted by molar-refractivity contribution is 7.80. The largest absolute Gasteiger partial charge is 0.305 e. The molecule has 2 nitrogen and oxygen atoms in total. The molecule has 0 aliphatic carbocycles. The third-order valence-corrected chi connectivity index (χ3v) is 2.07. The number of unbranched alkanes of at least 4 members (excludes halogenated alkanes) is 1. The first-order valence-corrected chi connectivity index (χ1v) is 5.03. The summed E-state index contributed by atoms with van der Waals surface area (Å²) in [6.07, 6.45) is 2.34. The molecule has 12 heavy (non-hydrogen) atoms. The zero-order valence-corrected chi connectivity index (χ0v) is 8.85. The number of thiol groups is 1. The maximum atomic E-state index is 8.57. The average Bonchev–Trinajstić information content (AvgIpc) is 2.05. The Kier molecular flexibility index (Phi) is 7.33. The lowest BCUT2D eigenvalue weighted by Crippen LogP contribution is -2.24. The van der Waals surface area contributed by atoms with Gasteiger partial charge in [-0.3, -0.25) is 0 Å². The van der Waals surface area contributed by atoms with Gasteiger partial charge in [0.2, 0.25) is 0 Å². The predicted octanol–water partition coefficient (Wildman–Crippen LogP) is 1.79. The molecule has 0 amide bonds. The summed E-state index contributed by atoms with van der Waals surface area (Å²) >= 11 is 4.14. The smallest absolute Gasteiger partial charge is 0.0666 e. The minimum atomic E-state index is 0.144. The molecule has 0 rings (SSSR count). The van der Waals surface area contributed by atoms with E-state index in [1.165, 1.54) is 6.42 Å². The van der Waals surface area contributed by atoms with E-state index in [1.54, 1.807) is 0 Å². The van der Waals surface area contributed by atoms with E-state index in [0.29, 0.717) is 0 Å². The van der Waals surface area contributed by atoms with E-state index in [2.05, 4.69) is 30.6 Å². The van der Waals surface area contributed by atoms with Gasteiger partial charge in [-0.15, -0.1) is 0 Å². The van der Waals surface area contributed by atoms with E-state index in [4.69, 9.17) is 5.26 Å². The molecule has 1 atom stereocenters. The molecular weight excluding hydrogens is 168 g/mol. The van der Waals surface area contributed by atoms with Crippen molar-refractivity contribution in [1.29, 1.82) is 5.26 Å². The molecule has 0 saturated heterocycles. The van der Waals surface area contributed by atoms with Gasteiger partial charge in [0.1, 0.15) is 0 Å². The SMILES string of the molecule is CC(C#N)CN(C)CCCCS. The van der Waals surface area contributed by atoms with Crippen molar-refractivity contribution in [2.45, 2.75) is 19.8 Å². The molecule has 70 valence electrons. The fraction of sp³-hybridized carbons (Fsp3) is 0.889. The van der Waals surface area contributed by atoms with Crippen LogP contribution in [-0.4, -0.2) is 30.8 Å². The number of nitriles is 1. The van der Waals surface area contributed by atoms with Gasteiger partial charge in [-0.2, -0.15) is 17.9 Å². The first-order chi connectivity index (χ1) is 5.70. The standard InChI is InChI=1S/C9H18N2S/c1-9(7-10)8-11(2)5-3-4-6-12/h9,12H,3-6,8H2,1-2H3. The zero-order chi connectivity index (χ0) is 9.40. The fourth-order valence-corrected chi connectivity index (χ4v) is 1.32. The Balaban J connectivity index is 3.34. The molecule has 3 heteroatoms. The Bertz CT molecular complexity index is 142. The third-order valence-electron chi connectivity index (χ3n) is 1.75. The van der Waals surface area contributed by atoms with Gasteiger partial charge in [-0.05, 0) is 39.1 Å². The molecule has 1 unspecified atom stereocenters. The van der Waals surface area contributed by atoms with Crippen LogP contribution in [0.4, 0.5) is 0 Å². The highest BCUT2D eigenvalue weighted by Gasteiger charge is 2.03. The van der Waals surface area contributed by atoms with Crippen LogP contribution in [0.3, 0.4) is 0 Å². The van der Waals surface area contributed by atoms with Crippen molar-refractivity contribution in [3.8, 4) is 6.07 Å². The van der Waals surface area contributed by atoms with E-state index in [0.717, 1.165) is 25.3 Å². The van der Waals surface area contributed by atoms with Gasteiger partial charge in [0.15, 0.2) is 0 Å². The van der Waals surface area contributed by atoms with Gasteiger partial charge in [0, 0.05) is 6.54 Å². The van der Waals surface area contributed by atoms with Crippen LogP contribution in [0.25, 0.3) is 0 Å². The first-order valence-electron chi connectivity index (χ1n) is 4.39. The summed E-state index contributed by atoms with van der Waals surface area (Å²) in [6.45, 7) is 3.91. The van der Waals surface area contributed by atoms with Crippen LogP contribution in [0.1, 0.15) is 19.8 Å². The monoisotopic (exact) mass is 186 g/mol. The molecule has 0 bridgehead atoms. The number of hydrogen-bond donors (Lipinski definition) is 1. The molecule has 0 heterocycles. The van der Waals surface area contributed by atoms with Crippen molar-refractivity contribution < 1.29 is 0 Å². The number of rotatable bonds is 6. The summed E-state index contributed by atoms with van der Waals surface area (Å²) in [7, 11) is 2.06. The highest BCUT2D eigenvalue weighted by atomic mass is 32.1. The molecular formula is C9H18N2S. The lowest BCUT2D eigenvalue weighted by Gasteiger charge is -2.16. The Morgan fingerprint density at radius 2 is 2.17 bits per heavy atom. The van der Waals surface area contributed by atoms with Gasteiger partial charge in [-0.1, -0.05) is 0 Å². The minimum absolute atomic E-state index is 0.144. The van der Waals surface area contributed by atoms with Crippen molar-refractivity contribution in [2.24, 2.45) is 5.92 Å². The van der Waals surface area contributed by atoms with Gasteiger partial charge in [0.25, 0.3) is 0 Å². The molecule has 0 radical (unpaired) electrons. The predicted molar refractivity (Wildman–Crippen MR) is 55.4 cm³/mol. The van der Waals surface area contributed by atoms with Crippen LogP contribution in [0, 0.1) is 17.2 Å². The van der Waals surface area contributed by atoms with Gasteiger partial charge >= 0.3 is 0 Å². The van der Waals surface area contributed by atoms with E-state index >= 15 is 0 Å². The highest BCUT2D eigenvalue weighted by Crippen LogP contribution is 1.99. The number of hydrogen-bond acceptors (Lipinski definition) is 3. The van der Waals surface area contributed by atoms with Gasteiger partial charge in [-0.25, -0.2) is 0 Å². The second-order valence-corrected chi connectivity index (χ2v) is 3.67. The third kappa shape index (κ3) is 6.51. The van der Waals surface area contributed by atoms with E-state index in [-0.39, 0.29) is 5.92 Å². The van der Waals surface area contributed by atoms with E-state index < -0.39 is 0 Å². The molecule has 0 N–H and O–H groups in total. The van der Waals surface area contributed by atoms with E-state index in [1.807, 2.05) is 6.92 Å². The molecule has 0 aliphatic heterocycles. The number of nitrogens with zero attached hydrogens (tertiary/aromatic N) is 2. The van der Waals surface area contributed by atoms with Crippen molar-refractivity contribution in [1.82, 2.24) is 4.90 Å². The summed E-state index contributed by atoms with van der Waals surface area (Å²) in [6, 6.07) is 2.23. The summed E-state index contributed by atoms with van der Waals surface area (Å²) < 4.78 is 0. The van der Waals surface area contributed by atoms with Gasteiger partial charge < -0.3 is 4.90 Å². The maximum Gasteiger partial charge on any atom is 0.0666 e. The second-order valence-electron chi connectivity index (χ2n) is 3.22. The summed E-state index contributed by atoms with van der Waals surface area (Å²) in [5.74, 6) is 1.10. The van der Waals surface area contributed by atoms with Crippen molar-refractivity contribution >= 4 is 12.6 Å². The van der Waals surface area contributed by atoms with Crippen LogP contribution < -0.4 is 0 Å². The summed E-state index contributed by atoms with van der Waals surface area (Å²) in [5, 5.41) is 8.57. The van der Waals surface area contributed by atoms with Crippen LogP contribution >= 0.6 is 12.6 Å². The molecule has 0 aromatic carbocycles. The fourth-order valence-electron chi connectivity index (χ4n) is 1.09. The topological polar surface area (TPSA) is 27.0 Å². The van der Waals surface area contributed by atoms with Crippen LogP contribution in [0.2, 0.25) is 0 Å². The normalized spacial score (nSPS) is 12.9. The van der Waals surface area contributed by atoms with Gasteiger partial charge in [0.05, 0.1) is 12.0 Å². The quantitative estimate of drug-likeness (QED) is 0.506. The molecule has 0 fully saturated rings. The Morgan fingerprint density at radius 1 is 1.50 bits per heavy atom. The first kappa shape index (κ1) is 11.8. The molecule has 0 saturated carbocycles. The molecule has 0 aromatic heterocycles. The average molecular weight is 186 g/mol. The van der Waals surface area contributed by atoms with Crippen molar-refractivity contribution in [3.63, 3.8) is 0 Å². The van der Waals surface area contributed by atoms with Crippen LogP contribution in [0.15, 0.2) is 0 Å². The second kappa shape index (κ2) is 7.45. The van der Waals surface area contributed by atoms with Crippen LogP contribution in [-0.2, 0) is 0 Å². The lowest BCUT2D eigenvalue weighted by molar-refractivity contribution is 0.306. The molecule has 0 aliphatic rings. The lowest BCUT2D eigenvalue weighted by atomic mass is 10.2.